The molecule has 0 radical (unpaired) electrons. The number of aryl methyl sites for hydroxylation is 2. The third-order valence-corrected chi connectivity index (χ3v) is 4.37. The highest BCUT2D eigenvalue weighted by Crippen LogP contribution is 2.31. The van der Waals surface area contributed by atoms with E-state index >= 15 is 0 Å². The van der Waals surface area contributed by atoms with Crippen LogP contribution in [0.3, 0.4) is 0 Å². The Morgan fingerprint density at radius 1 is 1.33 bits per heavy atom. The third-order valence-electron chi connectivity index (χ3n) is 4.37. The summed E-state index contributed by atoms with van der Waals surface area (Å²) in [6.07, 6.45) is 1.14. The van der Waals surface area contributed by atoms with Crippen molar-refractivity contribution in [3.8, 4) is 0 Å². The Hall–Kier alpha value is -1.06. The summed E-state index contributed by atoms with van der Waals surface area (Å²) >= 11 is 0. The van der Waals surface area contributed by atoms with Crippen LogP contribution in [0.5, 0.6) is 0 Å². The van der Waals surface area contributed by atoms with E-state index in [0.717, 1.165) is 26.1 Å². The number of hydrogen-bond acceptors (Lipinski definition) is 3. The molecule has 1 heterocycles. The number of likely N-dealkylation sites (N-methyl/N-ethyl adjacent to an activating group) is 1. The summed E-state index contributed by atoms with van der Waals surface area (Å²) in [4.78, 5) is 4.77. The molecular weight excluding hydrogens is 222 g/mol. The first-order valence-corrected chi connectivity index (χ1v) is 6.68. The van der Waals surface area contributed by atoms with Crippen molar-refractivity contribution in [3.05, 3.63) is 29.3 Å². The van der Waals surface area contributed by atoms with Crippen LogP contribution < -0.4 is 10.6 Å². The van der Waals surface area contributed by atoms with Gasteiger partial charge in [0, 0.05) is 25.3 Å². The molecule has 1 aliphatic heterocycles. The summed E-state index contributed by atoms with van der Waals surface area (Å²) in [5.41, 5.74) is 10.2. The normalized spacial score (nSPS) is 24.0. The zero-order valence-electron chi connectivity index (χ0n) is 12.0. The lowest BCUT2D eigenvalue weighted by molar-refractivity contribution is 0.184. The molecule has 0 spiro atoms. The minimum absolute atomic E-state index is 0.135. The van der Waals surface area contributed by atoms with Crippen LogP contribution >= 0.6 is 0 Å². The van der Waals surface area contributed by atoms with Crippen molar-refractivity contribution in [2.45, 2.75) is 25.8 Å². The number of rotatable bonds is 3. The molecule has 18 heavy (non-hydrogen) atoms. The first-order valence-electron chi connectivity index (χ1n) is 6.68. The molecule has 0 bridgehead atoms. The first-order chi connectivity index (χ1) is 8.48. The zero-order valence-corrected chi connectivity index (χ0v) is 12.0. The Kier molecular flexibility index (Phi) is 3.64. The first kappa shape index (κ1) is 13.4. The molecule has 1 saturated heterocycles. The molecule has 0 amide bonds. The maximum Gasteiger partial charge on any atom is 0.0518 e. The summed E-state index contributed by atoms with van der Waals surface area (Å²) in [7, 11) is 4.28. The van der Waals surface area contributed by atoms with Crippen molar-refractivity contribution in [1.82, 2.24) is 4.90 Å². The van der Waals surface area contributed by atoms with Crippen LogP contribution in [0, 0.1) is 13.8 Å². The monoisotopic (exact) mass is 247 g/mol. The van der Waals surface area contributed by atoms with Crippen molar-refractivity contribution in [2.75, 3.05) is 38.6 Å². The molecule has 2 N–H and O–H groups in total. The molecule has 0 aliphatic carbocycles. The number of nitrogens with two attached hydrogens (primary N) is 1. The van der Waals surface area contributed by atoms with Gasteiger partial charge in [0.15, 0.2) is 0 Å². The van der Waals surface area contributed by atoms with Gasteiger partial charge in [0.05, 0.1) is 5.54 Å². The second kappa shape index (κ2) is 4.90. The Balaban J connectivity index is 2.25. The van der Waals surface area contributed by atoms with Gasteiger partial charge in [0.1, 0.15) is 0 Å². The second-order valence-corrected chi connectivity index (χ2v) is 5.78. The summed E-state index contributed by atoms with van der Waals surface area (Å²) in [6, 6.07) is 6.68. The molecule has 1 aliphatic rings. The van der Waals surface area contributed by atoms with Gasteiger partial charge in [-0.25, -0.2) is 0 Å². The predicted molar refractivity (Wildman–Crippen MR) is 78.2 cm³/mol. The van der Waals surface area contributed by atoms with Crippen LogP contribution in [-0.4, -0.2) is 44.2 Å². The van der Waals surface area contributed by atoms with Gasteiger partial charge < -0.3 is 15.5 Å². The van der Waals surface area contributed by atoms with Crippen molar-refractivity contribution in [2.24, 2.45) is 5.73 Å². The minimum Gasteiger partial charge on any atom is -0.369 e. The number of anilines is 1. The Morgan fingerprint density at radius 3 is 2.61 bits per heavy atom. The lowest BCUT2D eigenvalue weighted by Crippen LogP contribution is -2.52. The molecule has 1 aromatic rings. The van der Waals surface area contributed by atoms with Gasteiger partial charge in [-0.15, -0.1) is 0 Å². The Bertz CT molecular complexity index is 428. The summed E-state index contributed by atoms with van der Waals surface area (Å²) < 4.78 is 0. The lowest BCUT2D eigenvalue weighted by Gasteiger charge is -2.35. The average molecular weight is 247 g/mol. The largest absolute Gasteiger partial charge is 0.369 e. The maximum atomic E-state index is 6.01. The van der Waals surface area contributed by atoms with Gasteiger partial charge in [0.25, 0.3) is 0 Å². The van der Waals surface area contributed by atoms with Gasteiger partial charge in [-0.05, 0) is 51.6 Å². The van der Waals surface area contributed by atoms with Crippen molar-refractivity contribution < 1.29 is 0 Å². The predicted octanol–water partition coefficient (Wildman–Crippen LogP) is 1.77. The Labute approximate surface area is 111 Å². The van der Waals surface area contributed by atoms with Gasteiger partial charge >= 0.3 is 0 Å². The zero-order chi connectivity index (χ0) is 13.3. The molecule has 1 atom stereocenters. The molecular formula is C15H25N3. The minimum atomic E-state index is 0.135. The van der Waals surface area contributed by atoms with E-state index in [-0.39, 0.29) is 5.54 Å². The fourth-order valence-electron chi connectivity index (χ4n) is 2.84. The van der Waals surface area contributed by atoms with Gasteiger partial charge in [0.2, 0.25) is 0 Å². The topological polar surface area (TPSA) is 32.5 Å². The quantitative estimate of drug-likeness (QED) is 0.883. The number of hydrogen-bond donors (Lipinski definition) is 1. The third kappa shape index (κ3) is 2.25. The van der Waals surface area contributed by atoms with Crippen LogP contribution in [0.25, 0.3) is 0 Å². The summed E-state index contributed by atoms with van der Waals surface area (Å²) in [5, 5.41) is 0. The standard InChI is InChI=1S/C15H25N3/c1-12-5-6-13(2)14(9-12)18-8-7-15(10-16,11-18)17(3)4/h5-6,9H,7-8,10-11,16H2,1-4H3. The van der Waals surface area contributed by atoms with E-state index in [9.17, 15) is 0 Å². The average Bonchev–Trinajstić information content (AvgIpc) is 2.78. The van der Waals surface area contributed by atoms with E-state index < -0.39 is 0 Å². The second-order valence-electron chi connectivity index (χ2n) is 5.78. The molecule has 1 fully saturated rings. The molecule has 1 unspecified atom stereocenters. The van der Waals surface area contributed by atoms with E-state index in [4.69, 9.17) is 5.73 Å². The molecule has 1 aromatic carbocycles. The van der Waals surface area contributed by atoms with E-state index in [2.05, 4.69) is 55.9 Å². The van der Waals surface area contributed by atoms with E-state index in [1.54, 1.807) is 0 Å². The van der Waals surface area contributed by atoms with Crippen LogP contribution in [0.15, 0.2) is 18.2 Å². The lowest BCUT2D eigenvalue weighted by atomic mass is 9.97. The maximum absolute atomic E-state index is 6.01. The van der Waals surface area contributed by atoms with E-state index in [0.29, 0.717) is 0 Å². The van der Waals surface area contributed by atoms with Gasteiger partial charge in [-0.1, -0.05) is 12.1 Å². The summed E-state index contributed by atoms with van der Waals surface area (Å²) in [6.45, 7) is 7.19. The highest BCUT2D eigenvalue weighted by Gasteiger charge is 2.39. The van der Waals surface area contributed by atoms with E-state index in [1.807, 2.05) is 0 Å². The molecule has 2 rings (SSSR count). The molecule has 100 valence electrons. The van der Waals surface area contributed by atoms with Crippen LogP contribution in [0.4, 0.5) is 5.69 Å². The summed E-state index contributed by atoms with van der Waals surface area (Å²) in [5.74, 6) is 0. The molecule has 0 saturated carbocycles. The smallest absolute Gasteiger partial charge is 0.0518 e. The fraction of sp³-hybridized carbons (Fsp3) is 0.600. The number of nitrogens with zero attached hydrogens (tertiary/aromatic N) is 2. The molecule has 3 heteroatoms. The van der Waals surface area contributed by atoms with E-state index in [1.165, 1.54) is 16.8 Å². The molecule has 3 nitrogen and oxygen atoms in total. The molecule has 0 aromatic heterocycles. The van der Waals surface area contributed by atoms with Gasteiger partial charge in [-0.3, -0.25) is 0 Å². The van der Waals surface area contributed by atoms with Crippen LogP contribution in [-0.2, 0) is 0 Å². The highest BCUT2D eigenvalue weighted by molar-refractivity contribution is 5.56. The van der Waals surface area contributed by atoms with Crippen molar-refractivity contribution in [1.29, 1.82) is 0 Å². The van der Waals surface area contributed by atoms with Crippen molar-refractivity contribution in [3.63, 3.8) is 0 Å². The fourth-order valence-corrected chi connectivity index (χ4v) is 2.84. The van der Waals surface area contributed by atoms with Crippen molar-refractivity contribution >= 4 is 5.69 Å². The SMILES string of the molecule is Cc1ccc(C)c(N2CCC(CN)(N(C)C)C2)c1. The van der Waals surface area contributed by atoms with Gasteiger partial charge in [-0.2, -0.15) is 0 Å². The van der Waals surface area contributed by atoms with Crippen LogP contribution in [0.1, 0.15) is 17.5 Å². The van der Waals surface area contributed by atoms with Crippen LogP contribution in [0.2, 0.25) is 0 Å². The number of benzene rings is 1. The Morgan fingerprint density at radius 2 is 2.06 bits per heavy atom. The highest BCUT2D eigenvalue weighted by atomic mass is 15.3.